The summed E-state index contributed by atoms with van der Waals surface area (Å²) < 4.78 is 0. The van der Waals surface area contributed by atoms with Gasteiger partial charge in [-0.1, -0.05) is 0 Å². The van der Waals surface area contributed by atoms with Crippen LogP contribution in [0.1, 0.15) is 6.42 Å². The summed E-state index contributed by atoms with van der Waals surface area (Å²) in [5, 5.41) is 4.63. The van der Waals surface area contributed by atoms with Crippen LogP contribution in [0.25, 0.3) is 0 Å². The van der Waals surface area contributed by atoms with Crippen LogP contribution in [-0.4, -0.2) is 37.7 Å². The minimum Gasteiger partial charge on any atom is -0.313 e. The fraction of sp³-hybridized carbons (Fsp3) is 0.875. The van der Waals surface area contributed by atoms with Gasteiger partial charge in [-0.25, -0.2) is 5.06 Å². The second-order valence-electron chi connectivity index (χ2n) is 3.55. The van der Waals surface area contributed by atoms with Gasteiger partial charge in [0.1, 0.15) is 0 Å². The number of nitrogens with zero attached hydrogens (tertiary/aromatic N) is 1. The van der Waals surface area contributed by atoms with E-state index in [0.717, 1.165) is 13.0 Å². The molecule has 1 aliphatic carbocycles. The zero-order chi connectivity index (χ0) is 8.72. The van der Waals surface area contributed by atoms with E-state index in [1.807, 2.05) is 0 Å². The van der Waals surface area contributed by atoms with Crippen LogP contribution in [-0.2, 0) is 9.63 Å². The van der Waals surface area contributed by atoms with Gasteiger partial charge in [0.15, 0.2) is 0 Å². The average molecular weight is 170 g/mol. The van der Waals surface area contributed by atoms with Crippen LogP contribution in [0.3, 0.4) is 0 Å². The summed E-state index contributed by atoms with van der Waals surface area (Å²) in [6.07, 6.45) is 1.16. The number of hydrogen-bond acceptors (Lipinski definition) is 3. The van der Waals surface area contributed by atoms with E-state index in [2.05, 4.69) is 5.32 Å². The molecule has 2 saturated heterocycles. The average Bonchev–Trinajstić information content (AvgIpc) is 2.62. The third kappa shape index (κ3) is 0.949. The Kier molecular flexibility index (Phi) is 1.81. The molecule has 68 valence electrons. The quantitative estimate of drug-likeness (QED) is 0.574. The van der Waals surface area contributed by atoms with Gasteiger partial charge in [0.25, 0.3) is 5.91 Å². The van der Waals surface area contributed by atoms with E-state index >= 15 is 0 Å². The number of carbonyl (C=O) groups is 1. The molecule has 4 nitrogen and oxygen atoms in total. The Balaban J connectivity index is 1.97. The van der Waals surface area contributed by atoms with Gasteiger partial charge in [-0.05, 0) is 18.9 Å². The Hall–Kier alpha value is -0.610. The van der Waals surface area contributed by atoms with Crippen LogP contribution in [0.5, 0.6) is 0 Å². The molecule has 12 heavy (non-hydrogen) atoms. The van der Waals surface area contributed by atoms with Crippen molar-refractivity contribution in [2.45, 2.75) is 12.5 Å². The van der Waals surface area contributed by atoms with Crippen molar-refractivity contribution < 1.29 is 9.63 Å². The van der Waals surface area contributed by atoms with E-state index in [-0.39, 0.29) is 11.8 Å². The van der Waals surface area contributed by atoms with Gasteiger partial charge < -0.3 is 5.32 Å². The van der Waals surface area contributed by atoms with Crippen molar-refractivity contribution in [2.24, 2.45) is 11.8 Å². The van der Waals surface area contributed by atoms with Gasteiger partial charge in [-0.2, -0.15) is 0 Å². The molecule has 2 bridgehead atoms. The molecule has 2 aliphatic heterocycles. The highest BCUT2D eigenvalue weighted by Crippen LogP contribution is 2.40. The maximum absolute atomic E-state index is 11.6. The molecule has 4 heteroatoms. The van der Waals surface area contributed by atoms with E-state index in [4.69, 9.17) is 4.84 Å². The fourth-order valence-electron chi connectivity index (χ4n) is 2.15. The minimum atomic E-state index is 0.115. The lowest BCUT2D eigenvalue weighted by Gasteiger charge is -2.34. The molecule has 1 saturated carbocycles. The molecule has 0 aromatic heterocycles. The van der Waals surface area contributed by atoms with Crippen molar-refractivity contribution in [3.8, 4) is 0 Å². The van der Waals surface area contributed by atoms with Crippen molar-refractivity contribution in [3.05, 3.63) is 0 Å². The number of hydrogen-bond donors (Lipinski definition) is 1. The van der Waals surface area contributed by atoms with Crippen LogP contribution >= 0.6 is 0 Å². The molecule has 0 radical (unpaired) electrons. The Bertz CT molecular complexity index is 193. The molecule has 3 aliphatic rings. The zero-order valence-electron chi connectivity index (χ0n) is 7.41. The fourth-order valence-corrected chi connectivity index (χ4v) is 2.15. The third-order valence-electron chi connectivity index (χ3n) is 3.01. The predicted octanol–water partition coefficient (Wildman–Crippen LogP) is -0.386. The lowest BCUT2D eigenvalue weighted by molar-refractivity contribution is -0.178. The number of fused-ring (bicyclic) bond motifs is 1. The maximum atomic E-state index is 11.6. The zero-order valence-corrected chi connectivity index (χ0v) is 7.41. The first-order valence-corrected chi connectivity index (χ1v) is 4.29. The predicted molar refractivity (Wildman–Crippen MR) is 43.2 cm³/mol. The Morgan fingerprint density at radius 1 is 1.67 bits per heavy atom. The van der Waals surface area contributed by atoms with Gasteiger partial charge in [-0.15, -0.1) is 0 Å². The third-order valence-corrected chi connectivity index (χ3v) is 3.01. The number of amides is 1. The van der Waals surface area contributed by atoms with Crippen molar-refractivity contribution in [1.29, 1.82) is 0 Å². The Labute approximate surface area is 71.8 Å². The van der Waals surface area contributed by atoms with E-state index in [1.165, 1.54) is 12.2 Å². The van der Waals surface area contributed by atoms with Gasteiger partial charge in [-0.3, -0.25) is 9.63 Å². The summed E-state index contributed by atoms with van der Waals surface area (Å²) in [6.45, 7) is 0.999. The lowest BCUT2D eigenvalue weighted by Crippen LogP contribution is -2.47. The van der Waals surface area contributed by atoms with Crippen molar-refractivity contribution in [3.63, 3.8) is 0 Å². The summed E-state index contributed by atoms with van der Waals surface area (Å²) in [7, 11) is 3.19. The van der Waals surface area contributed by atoms with Crippen LogP contribution in [0, 0.1) is 11.8 Å². The van der Waals surface area contributed by atoms with Crippen LogP contribution in [0.15, 0.2) is 0 Å². The Morgan fingerprint density at radius 3 is 2.83 bits per heavy atom. The van der Waals surface area contributed by atoms with E-state index in [1.54, 1.807) is 7.05 Å². The summed E-state index contributed by atoms with van der Waals surface area (Å²) in [5.41, 5.74) is 0. The SMILES string of the molecule is CON(C)C(=O)C1C2CNC1C2. The highest BCUT2D eigenvalue weighted by atomic mass is 16.7. The molecular formula is C8H14N2O2. The summed E-state index contributed by atoms with van der Waals surface area (Å²) >= 11 is 0. The van der Waals surface area contributed by atoms with Crippen LogP contribution in [0.2, 0.25) is 0 Å². The van der Waals surface area contributed by atoms with Crippen molar-refractivity contribution in [2.75, 3.05) is 20.7 Å². The number of hydroxylamine groups is 2. The molecule has 3 rings (SSSR count). The van der Waals surface area contributed by atoms with Gasteiger partial charge in [0.05, 0.1) is 13.0 Å². The molecule has 1 N–H and O–H groups in total. The summed E-state index contributed by atoms with van der Waals surface area (Å²) in [5.74, 6) is 0.846. The molecule has 2 heterocycles. The largest absolute Gasteiger partial charge is 0.313 e. The Morgan fingerprint density at radius 2 is 2.42 bits per heavy atom. The topological polar surface area (TPSA) is 41.6 Å². The monoisotopic (exact) mass is 170 g/mol. The van der Waals surface area contributed by atoms with E-state index in [0.29, 0.717) is 12.0 Å². The molecule has 3 atom stereocenters. The van der Waals surface area contributed by atoms with Gasteiger partial charge in [0, 0.05) is 13.1 Å². The summed E-state index contributed by atoms with van der Waals surface area (Å²) in [4.78, 5) is 16.4. The standard InChI is InChI=1S/C8H14N2O2/c1-10(12-2)8(11)7-5-3-6(7)9-4-5/h5-7,9H,3-4H2,1-2H3. The second-order valence-corrected chi connectivity index (χ2v) is 3.55. The van der Waals surface area contributed by atoms with Gasteiger partial charge >= 0.3 is 0 Å². The van der Waals surface area contributed by atoms with Crippen LogP contribution < -0.4 is 5.32 Å². The first-order chi connectivity index (χ1) is 5.74. The molecular weight excluding hydrogens is 156 g/mol. The highest BCUT2D eigenvalue weighted by Gasteiger charge is 2.51. The number of nitrogens with one attached hydrogen (secondary N) is 1. The number of rotatable bonds is 2. The van der Waals surface area contributed by atoms with E-state index < -0.39 is 0 Å². The molecule has 3 fully saturated rings. The van der Waals surface area contributed by atoms with Crippen molar-refractivity contribution >= 4 is 5.91 Å². The highest BCUT2D eigenvalue weighted by molar-refractivity contribution is 5.80. The number of carbonyl (C=O) groups excluding carboxylic acids is 1. The first kappa shape index (κ1) is 8.01. The van der Waals surface area contributed by atoms with Crippen molar-refractivity contribution in [1.82, 2.24) is 10.4 Å². The molecule has 1 amide bonds. The lowest BCUT2D eigenvalue weighted by atomic mass is 9.73. The van der Waals surface area contributed by atoms with E-state index in [9.17, 15) is 4.79 Å². The van der Waals surface area contributed by atoms with Gasteiger partial charge in [0.2, 0.25) is 0 Å². The molecule has 3 unspecified atom stereocenters. The maximum Gasteiger partial charge on any atom is 0.250 e. The molecule has 0 aromatic carbocycles. The molecule has 0 spiro atoms. The minimum absolute atomic E-state index is 0.115. The smallest absolute Gasteiger partial charge is 0.250 e. The summed E-state index contributed by atoms with van der Waals surface area (Å²) in [6, 6.07) is 0.417. The molecule has 0 aromatic rings. The normalized spacial score (nSPS) is 37.7. The second kappa shape index (κ2) is 2.71. The first-order valence-electron chi connectivity index (χ1n) is 4.29. The van der Waals surface area contributed by atoms with Crippen LogP contribution in [0.4, 0.5) is 0 Å².